The summed E-state index contributed by atoms with van der Waals surface area (Å²) in [7, 11) is 4.83. The highest BCUT2D eigenvalue weighted by Gasteiger charge is 2.32. The van der Waals surface area contributed by atoms with E-state index in [9.17, 15) is 0 Å². The van der Waals surface area contributed by atoms with E-state index in [0.29, 0.717) is 29.9 Å². The van der Waals surface area contributed by atoms with Crippen LogP contribution in [0.2, 0.25) is 0 Å². The van der Waals surface area contributed by atoms with Crippen LogP contribution in [-0.2, 0) is 0 Å². The maximum atomic E-state index is 5.72. The van der Waals surface area contributed by atoms with Crippen LogP contribution in [-0.4, -0.2) is 34.0 Å². The number of rotatable bonds is 5. The Morgan fingerprint density at radius 3 is 2.37 bits per heavy atom. The van der Waals surface area contributed by atoms with Gasteiger partial charge in [0.05, 0.1) is 32.9 Å². The topological polar surface area (TPSA) is 49.0 Å². The highest BCUT2D eigenvalue weighted by Crippen LogP contribution is 2.50. The molecule has 5 heteroatoms. The molecule has 2 rings (SSSR count). The summed E-state index contributed by atoms with van der Waals surface area (Å²) < 4.78 is 21.9. The summed E-state index contributed by atoms with van der Waals surface area (Å²) in [5, 5.41) is 3.46. The van der Waals surface area contributed by atoms with E-state index in [0.717, 1.165) is 11.3 Å². The van der Waals surface area contributed by atoms with Crippen LogP contribution in [0.3, 0.4) is 0 Å². The van der Waals surface area contributed by atoms with Crippen LogP contribution < -0.4 is 24.3 Å². The van der Waals surface area contributed by atoms with Crippen molar-refractivity contribution < 1.29 is 18.9 Å². The maximum absolute atomic E-state index is 5.72. The average molecular weight is 267 g/mol. The second-order valence-electron chi connectivity index (χ2n) is 4.74. The number of hydrogen-bond donors (Lipinski definition) is 1. The maximum Gasteiger partial charge on any atom is 0.203 e. The lowest BCUT2D eigenvalue weighted by Gasteiger charge is -2.19. The van der Waals surface area contributed by atoms with Crippen LogP contribution in [0.15, 0.2) is 6.07 Å². The van der Waals surface area contributed by atoms with E-state index in [4.69, 9.17) is 18.9 Å². The van der Waals surface area contributed by atoms with Crippen molar-refractivity contribution in [2.24, 2.45) is 0 Å². The minimum atomic E-state index is 0.102. The third kappa shape index (κ3) is 2.42. The first-order chi connectivity index (χ1) is 9.12. The molecule has 1 aliphatic heterocycles. The standard InChI is InChI=1S/C14H21NO4/c1-8(2)15-9-7-19-10-6-11(16-3)13(17-4)14(18-5)12(9)10/h6,8-9,15H,7H2,1-5H3. The van der Waals surface area contributed by atoms with Crippen LogP contribution in [0.4, 0.5) is 0 Å². The molecule has 0 aromatic heterocycles. The Bertz CT molecular complexity index is 459. The van der Waals surface area contributed by atoms with Crippen molar-refractivity contribution in [2.45, 2.75) is 25.9 Å². The van der Waals surface area contributed by atoms with E-state index in [2.05, 4.69) is 19.2 Å². The van der Waals surface area contributed by atoms with E-state index in [1.165, 1.54) is 0 Å². The van der Waals surface area contributed by atoms with Crippen molar-refractivity contribution in [3.8, 4) is 23.0 Å². The molecule has 1 aliphatic rings. The number of methoxy groups -OCH3 is 3. The summed E-state index contributed by atoms with van der Waals surface area (Å²) in [6, 6.07) is 2.31. The average Bonchev–Trinajstić information content (AvgIpc) is 2.78. The van der Waals surface area contributed by atoms with Gasteiger partial charge < -0.3 is 24.3 Å². The van der Waals surface area contributed by atoms with Gasteiger partial charge in [0, 0.05) is 12.1 Å². The number of ether oxygens (including phenoxy) is 4. The molecule has 0 spiro atoms. The molecule has 5 nitrogen and oxygen atoms in total. The van der Waals surface area contributed by atoms with Gasteiger partial charge in [-0.1, -0.05) is 13.8 Å². The molecule has 106 valence electrons. The van der Waals surface area contributed by atoms with Gasteiger partial charge in [-0.05, 0) is 0 Å². The first-order valence-corrected chi connectivity index (χ1v) is 6.34. The molecule has 1 heterocycles. The van der Waals surface area contributed by atoms with E-state index >= 15 is 0 Å². The fourth-order valence-electron chi connectivity index (χ4n) is 2.40. The minimum Gasteiger partial charge on any atom is -0.493 e. The SMILES string of the molecule is COc1cc2c(c(OC)c1OC)C(NC(C)C)CO2. The fraction of sp³-hybridized carbons (Fsp3) is 0.571. The summed E-state index contributed by atoms with van der Waals surface area (Å²) in [4.78, 5) is 0. The monoisotopic (exact) mass is 267 g/mol. The molecule has 1 unspecified atom stereocenters. The van der Waals surface area contributed by atoms with Gasteiger partial charge in [-0.15, -0.1) is 0 Å². The third-order valence-corrected chi connectivity index (χ3v) is 3.12. The molecule has 1 N–H and O–H groups in total. The molecule has 0 amide bonds. The van der Waals surface area contributed by atoms with Crippen molar-refractivity contribution in [1.29, 1.82) is 0 Å². The lowest BCUT2D eigenvalue weighted by molar-refractivity contribution is 0.301. The molecule has 0 aliphatic carbocycles. The predicted molar refractivity (Wildman–Crippen MR) is 72.6 cm³/mol. The largest absolute Gasteiger partial charge is 0.493 e. The van der Waals surface area contributed by atoms with Crippen LogP contribution in [0.5, 0.6) is 23.0 Å². The second kappa shape index (κ2) is 5.57. The van der Waals surface area contributed by atoms with Gasteiger partial charge in [0.2, 0.25) is 5.75 Å². The molecule has 1 aromatic rings. The molecule has 0 radical (unpaired) electrons. The highest BCUT2D eigenvalue weighted by molar-refractivity contribution is 5.64. The van der Waals surface area contributed by atoms with Crippen molar-refractivity contribution >= 4 is 0 Å². The Balaban J connectivity index is 2.51. The van der Waals surface area contributed by atoms with Crippen LogP contribution in [0.25, 0.3) is 0 Å². The Morgan fingerprint density at radius 2 is 1.84 bits per heavy atom. The molecule has 1 atom stereocenters. The normalized spacial score (nSPS) is 17.1. The fourth-order valence-corrected chi connectivity index (χ4v) is 2.40. The van der Waals surface area contributed by atoms with Gasteiger partial charge >= 0.3 is 0 Å². The van der Waals surface area contributed by atoms with Crippen LogP contribution in [0, 0.1) is 0 Å². The minimum absolute atomic E-state index is 0.102. The van der Waals surface area contributed by atoms with Gasteiger partial charge in [0.15, 0.2) is 11.5 Å². The highest BCUT2D eigenvalue weighted by atomic mass is 16.5. The van der Waals surface area contributed by atoms with Crippen molar-refractivity contribution in [2.75, 3.05) is 27.9 Å². The van der Waals surface area contributed by atoms with Gasteiger partial charge in [-0.25, -0.2) is 0 Å². The smallest absolute Gasteiger partial charge is 0.203 e. The van der Waals surface area contributed by atoms with Crippen molar-refractivity contribution in [1.82, 2.24) is 5.32 Å². The number of fused-ring (bicyclic) bond motifs is 1. The zero-order valence-electron chi connectivity index (χ0n) is 12.1. The molecule has 0 bridgehead atoms. The first-order valence-electron chi connectivity index (χ1n) is 6.34. The zero-order valence-corrected chi connectivity index (χ0v) is 12.1. The number of nitrogens with one attached hydrogen (secondary N) is 1. The first kappa shape index (κ1) is 13.8. The Labute approximate surface area is 113 Å². The van der Waals surface area contributed by atoms with Crippen LogP contribution >= 0.6 is 0 Å². The van der Waals surface area contributed by atoms with E-state index < -0.39 is 0 Å². The van der Waals surface area contributed by atoms with Crippen molar-refractivity contribution in [3.63, 3.8) is 0 Å². The Kier molecular flexibility index (Phi) is 4.04. The van der Waals surface area contributed by atoms with Gasteiger partial charge in [-0.3, -0.25) is 0 Å². The molecule has 0 fully saturated rings. The lowest BCUT2D eigenvalue weighted by Crippen LogP contribution is -2.29. The molecule has 0 saturated heterocycles. The summed E-state index contributed by atoms with van der Waals surface area (Å²) in [5.41, 5.74) is 0.994. The summed E-state index contributed by atoms with van der Waals surface area (Å²) in [6.07, 6.45) is 0. The second-order valence-corrected chi connectivity index (χ2v) is 4.74. The third-order valence-electron chi connectivity index (χ3n) is 3.12. The summed E-state index contributed by atoms with van der Waals surface area (Å²) in [6.45, 7) is 4.79. The summed E-state index contributed by atoms with van der Waals surface area (Å²) in [5.74, 6) is 2.67. The molecule has 0 saturated carbocycles. The van der Waals surface area contributed by atoms with Gasteiger partial charge in [0.1, 0.15) is 12.4 Å². The molecule has 1 aromatic carbocycles. The van der Waals surface area contributed by atoms with E-state index in [-0.39, 0.29) is 6.04 Å². The molecular formula is C14H21NO4. The molecular weight excluding hydrogens is 246 g/mol. The van der Waals surface area contributed by atoms with Crippen molar-refractivity contribution in [3.05, 3.63) is 11.6 Å². The zero-order chi connectivity index (χ0) is 14.0. The van der Waals surface area contributed by atoms with Gasteiger partial charge in [-0.2, -0.15) is 0 Å². The summed E-state index contributed by atoms with van der Waals surface area (Å²) >= 11 is 0. The van der Waals surface area contributed by atoms with Crippen LogP contribution in [0.1, 0.15) is 25.5 Å². The Morgan fingerprint density at radius 1 is 1.16 bits per heavy atom. The number of benzene rings is 1. The molecule has 19 heavy (non-hydrogen) atoms. The van der Waals surface area contributed by atoms with Gasteiger partial charge in [0.25, 0.3) is 0 Å². The predicted octanol–water partition coefficient (Wildman–Crippen LogP) is 2.14. The quantitative estimate of drug-likeness (QED) is 0.885. The van der Waals surface area contributed by atoms with E-state index in [1.54, 1.807) is 21.3 Å². The number of hydrogen-bond acceptors (Lipinski definition) is 5. The lowest BCUT2D eigenvalue weighted by atomic mass is 10.1. The van der Waals surface area contributed by atoms with E-state index in [1.807, 2.05) is 6.07 Å². The Hall–Kier alpha value is -1.62.